The summed E-state index contributed by atoms with van der Waals surface area (Å²) in [7, 11) is 0. The highest BCUT2D eigenvalue weighted by Gasteiger charge is 2.04. The Morgan fingerprint density at radius 2 is 0.870 bits per heavy atom. The van der Waals surface area contributed by atoms with E-state index in [1.165, 1.54) is 116 Å². The van der Waals surface area contributed by atoms with Gasteiger partial charge in [0, 0.05) is 19.6 Å². The van der Waals surface area contributed by atoms with Gasteiger partial charge in [-0.3, -0.25) is 5.43 Å². The van der Waals surface area contributed by atoms with E-state index in [1.807, 2.05) is 0 Å². The molecule has 0 spiro atoms. The highest BCUT2D eigenvalue weighted by molar-refractivity contribution is 4.56. The van der Waals surface area contributed by atoms with Crippen molar-refractivity contribution in [3.05, 3.63) is 0 Å². The first kappa shape index (κ1) is 22.9. The van der Waals surface area contributed by atoms with Gasteiger partial charge in [0.1, 0.15) is 0 Å². The van der Waals surface area contributed by atoms with Crippen LogP contribution in [0.25, 0.3) is 0 Å². The number of hydrazine groups is 1. The predicted octanol–water partition coefficient (Wildman–Crippen LogP) is 6.70. The van der Waals surface area contributed by atoms with E-state index < -0.39 is 0 Å². The zero-order chi connectivity index (χ0) is 17.0. The van der Waals surface area contributed by atoms with Crippen LogP contribution in [0.15, 0.2) is 0 Å². The number of hydrogen-bond acceptors (Lipinski definition) is 2. The van der Waals surface area contributed by atoms with Gasteiger partial charge >= 0.3 is 0 Å². The minimum atomic E-state index is 1.17. The maximum Gasteiger partial charge on any atom is 0.0130 e. The van der Waals surface area contributed by atoms with Crippen LogP contribution in [0.5, 0.6) is 0 Å². The largest absolute Gasteiger partial charge is 0.255 e. The zero-order valence-electron chi connectivity index (χ0n) is 16.7. The van der Waals surface area contributed by atoms with Crippen molar-refractivity contribution in [2.75, 3.05) is 19.6 Å². The van der Waals surface area contributed by atoms with E-state index in [4.69, 9.17) is 0 Å². The van der Waals surface area contributed by atoms with Crippen LogP contribution in [0.3, 0.4) is 0 Å². The van der Waals surface area contributed by atoms with Gasteiger partial charge in [0.15, 0.2) is 0 Å². The third-order valence-corrected chi connectivity index (χ3v) is 4.68. The van der Waals surface area contributed by atoms with Crippen LogP contribution in [0.1, 0.15) is 117 Å². The normalized spacial score (nSPS) is 11.5. The molecule has 23 heavy (non-hydrogen) atoms. The molecule has 0 saturated heterocycles. The second-order valence-electron chi connectivity index (χ2n) is 7.14. The fraction of sp³-hybridized carbons (Fsp3) is 1.00. The predicted molar refractivity (Wildman–Crippen MR) is 106 cm³/mol. The molecule has 0 aromatic rings. The van der Waals surface area contributed by atoms with Crippen molar-refractivity contribution in [3.8, 4) is 0 Å². The minimum absolute atomic E-state index is 1.17. The van der Waals surface area contributed by atoms with E-state index in [2.05, 4.69) is 31.2 Å². The average molecular weight is 327 g/mol. The van der Waals surface area contributed by atoms with E-state index >= 15 is 0 Å². The minimum Gasteiger partial charge on any atom is -0.255 e. The van der Waals surface area contributed by atoms with Crippen molar-refractivity contribution in [2.45, 2.75) is 117 Å². The van der Waals surface area contributed by atoms with E-state index in [9.17, 15) is 0 Å². The number of rotatable bonds is 19. The third kappa shape index (κ3) is 18.1. The number of nitrogens with zero attached hydrogens (tertiary/aromatic N) is 1. The van der Waals surface area contributed by atoms with E-state index in [0.29, 0.717) is 0 Å². The second kappa shape index (κ2) is 20.0. The first-order valence-electron chi connectivity index (χ1n) is 10.8. The first-order chi connectivity index (χ1) is 11.3. The highest BCUT2D eigenvalue weighted by atomic mass is 15.5. The molecule has 0 heterocycles. The van der Waals surface area contributed by atoms with Gasteiger partial charge in [0.2, 0.25) is 0 Å². The quantitative estimate of drug-likeness (QED) is 0.210. The van der Waals surface area contributed by atoms with E-state index in [0.717, 1.165) is 0 Å². The molecule has 0 aliphatic rings. The molecular formula is C21H46N2. The van der Waals surface area contributed by atoms with E-state index in [1.54, 1.807) is 0 Å². The van der Waals surface area contributed by atoms with Crippen LogP contribution in [0.4, 0.5) is 0 Å². The molecule has 0 aromatic heterocycles. The van der Waals surface area contributed by atoms with Gasteiger partial charge in [0.05, 0.1) is 0 Å². The van der Waals surface area contributed by atoms with Crippen LogP contribution in [0, 0.1) is 0 Å². The summed E-state index contributed by atoms with van der Waals surface area (Å²) in [6.45, 7) is 10.5. The molecule has 0 unspecified atom stereocenters. The van der Waals surface area contributed by atoms with Gasteiger partial charge in [-0.05, 0) is 19.3 Å². The highest BCUT2D eigenvalue weighted by Crippen LogP contribution is 2.08. The van der Waals surface area contributed by atoms with Crippen molar-refractivity contribution < 1.29 is 0 Å². The molecule has 0 amide bonds. The molecule has 0 radical (unpaired) electrons. The summed E-state index contributed by atoms with van der Waals surface area (Å²) < 4.78 is 0. The summed E-state index contributed by atoms with van der Waals surface area (Å²) in [6, 6.07) is 0. The number of hydrogen-bond donors (Lipinski definition) is 1. The molecule has 0 rings (SSSR count). The molecule has 0 aliphatic heterocycles. The SMILES string of the molecule is CCCCCCCCN(CCCCCCCC)NCCCCC. The molecule has 2 nitrogen and oxygen atoms in total. The Morgan fingerprint density at radius 3 is 1.35 bits per heavy atom. The van der Waals surface area contributed by atoms with Crippen molar-refractivity contribution in [1.82, 2.24) is 10.4 Å². The van der Waals surface area contributed by atoms with Gasteiger partial charge in [-0.15, -0.1) is 0 Å². The smallest absolute Gasteiger partial charge is 0.0130 e. The van der Waals surface area contributed by atoms with Gasteiger partial charge < -0.3 is 0 Å². The molecule has 0 bridgehead atoms. The Morgan fingerprint density at radius 1 is 0.478 bits per heavy atom. The van der Waals surface area contributed by atoms with Crippen molar-refractivity contribution in [3.63, 3.8) is 0 Å². The van der Waals surface area contributed by atoms with Crippen molar-refractivity contribution in [1.29, 1.82) is 0 Å². The van der Waals surface area contributed by atoms with E-state index in [-0.39, 0.29) is 0 Å². The lowest BCUT2D eigenvalue weighted by molar-refractivity contribution is 0.177. The molecule has 0 atom stereocenters. The van der Waals surface area contributed by atoms with Crippen LogP contribution in [-0.4, -0.2) is 24.6 Å². The maximum atomic E-state index is 3.69. The molecule has 140 valence electrons. The van der Waals surface area contributed by atoms with Crippen molar-refractivity contribution in [2.24, 2.45) is 0 Å². The molecule has 0 saturated carbocycles. The second-order valence-corrected chi connectivity index (χ2v) is 7.14. The Labute approximate surface area is 147 Å². The first-order valence-corrected chi connectivity index (χ1v) is 10.8. The zero-order valence-corrected chi connectivity index (χ0v) is 16.7. The van der Waals surface area contributed by atoms with Crippen LogP contribution in [0.2, 0.25) is 0 Å². The van der Waals surface area contributed by atoms with Crippen LogP contribution < -0.4 is 5.43 Å². The summed E-state index contributed by atoms with van der Waals surface area (Å²) in [5.74, 6) is 0. The topological polar surface area (TPSA) is 15.3 Å². The van der Waals surface area contributed by atoms with Crippen molar-refractivity contribution >= 4 is 0 Å². The Balaban J connectivity index is 3.70. The summed E-state index contributed by atoms with van der Waals surface area (Å²) >= 11 is 0. The summed E-state index contributed by atoms with van der Waals surface area (Å²) in [4.78, 5) is 0. The third-order valence-electron chi connectivity index (χ3n) is 4.68. The molecule has 2 heteroatoms. The van der Waals surface area contributed by atoms with Crippen LogP contribution >= 0.6 is 0 Å². The fourth-order valence-corrected chi connectivity index (χ4v) is 3.05. The standard InChI is InChI=1S/C21H46N2/c1-4-7-10-12-14-17-20-23(22-19-16-9-6-3)21-18-15-13-11-8-5-2/h22H,4-21H2,1-3H3. The lowest BCUT2D eigenvalue weighted by Crippen LogP contribution is -2.40. The van der Waals surface area contributed by atoms with Crippen LogP contribution in [-0.2, 0) is 0 Å². The summed E-state index contributed by atoms with van der Waals surface area (Å²) in [5.41, 5.74) is 3.69. The lowest BCUT2D eigenvalue weighted by Gasteiger charge is -2.23. The fourth-order valence-electron chi connectivity index (χ4n) is 3.05. The lowest BCUT2D eigenvalue weighted by atomic mass is 10.1. The van der Waals surface area contributed by atoms with Gasteiger partial charge in [-0.2, -0.15) is 0 Å². The molecule has 0 fully saturated rings. The molecule has 1 N–H and O–H groups in total. The van der Waals surface area contributed by atoms with Gasteiger partial charge in [-0.25, -0.2) is 5.01 Å². The molecule has 0 aliphatic carbocycles. The average Bonchev–Trinajstić information content (AvgIpc) is 2.57. The Kier molecular flexibility index (Phi) is 19.9. The molecular weight excluding hydrogens is 280 g/mol. The summed E-state index contributed by atoms with van der Waals surface area (Å²) in [6.07, 6.45) is 20.8. The monoisotopic (exact) mass is 326 g/mol. The number of unbranched alkanes of at least 4 members (excludes halogenated alkanes) is 12. The van der Waals surface area contributed by atoms with Gasteiger partial charge in [0.25, 0.3) is 0 Å². The van der Waals surface area contributed by atoms with Gasteiger partial charge in [-0.1, -0.05) is 97.8 Å². The Hall–Kier alpha value is -0.0800. The molecule has 0 aromatic carbocycles. The summed E-state index contributed by atoms with van der Waals surface area (Å²) in [5, 5.41) is 2.52. The Bertz CT molecular complexity index is 190. The number of nitrogens with one attached hydrogen (secondary N) is 1. The maximum absolute atomic E-state index is 3.69.